The molecule has 1 aromatic carbocycles. The van der Waals surface area contributed by atoms with E-state index in [0.29, 0.717) is 0 Å². The molecule has 1 aliphatic heterocycles. The van der Waals surface area contributed by atoms with E-state index in [-0.39, 0.29) is 5.56 Å². The fourth-order valence-electron chi connectivity index (χ4n) is 8.66. The largest absolute Gasteiger partial charge is 0.459 e. The monoisotopic (exact) mass is 832 g/mol. The van der Waals surface area contributed by atoms with Crippen molar-refractivity contribution in [1.82, 2.24) is 0 Å². The molecular weight excluding hydrogens is 780 g/mol. The predicted molar refractivity (Wildman–Crippen MR) is 198 cm³/mol. The number of ether oxygens (including phenoxy) is 8. The molecular formula is C41H52O18. The van der Waals surface area contributed by atoms with Gasteiger partial charge in [-0.25, -0.2) is 4.79 Å². The maximum absolute atomic E-state index is 14.0. The van der Waals surface area contributed by atoms with Crippen molar-refractivity contribution in [2.24, 2.45) is 17.3 Å². The summed E-state index contributed by atoms with van der Waals surface area (Å²) >= 11 is 0. The van der Waals surface area contributed by atoms with Gasteiger partial charge in [-0.15, -0.1) is 0 Å². The molecule has 4 rings (SSSR count). The van der Waals surface area contributed by atoms with Gasteiger partial charge in [0.15, 0.2) is 47.3 Å². The van der Waals surface area contributed by atoms with E-state index in [0.717, 1.165) is 41.5 Å². The van der Waals surface area contributed by atoms with Crippen molar-refractivity contribution in [2.45, 2.75) is 142 Å². The van der Waals surface area contributed by atoms with Crippen LogP contribution in [0.25, 0.3) is 0 Å². The second-order valence-corrected chi connectivity index (χ2v) is 15.9. The lowest BCUT2D eigenvalue weighted by Gasteiger charge is -2.52. The van der Waals surface area contributed by atoms with E-state index in [9.17, 15) is 48.6 Å². The summed E-state index contributed by atoms with van der Waals surface area (Å²) in [6.45, 7) is 11.6. The fraction of sp³-hybridized carbons (Fsp3) is 0.610. The third-order valence-electron chi connectivity index (χ3n) is 10.9. The Balaban J connectivity index is 2.28. The lowest BCUT2D eigenvalue weighted by molar-refractivity contribution is -0.273. The summed E-state index contributed by atoms with van der Waals surface area (Å²) in [4.78, 5) is 106. The molecule has 59 heavy (non-hydrogen) atoms. The summed E-state index contributed by atoms with van der Waals surface area (Å²) in [6, 6.07) is 7.44. The lowest BCUT2D eigenvalue weighted by atomic mass is 9.66. The van der Waals surface area contributed by atoms with Crippen molar-refractivity contribution in [3.8, 4) is 0 Å². The van der Waals surface area contributed by atoms with Crippen LogP contribution >= 0.6 is 0 Å². The lowest BCUT2D eigenvalue weighted by Crippen LogP contribution is -2.71. The Morgan fingerprint density at radius 3 is 1.76 bits per heavy atom. The molecule has 324 valence electrons. The fourth-order valence-corrected chi connectivity index (χ4v) is 8.66. The second kappa shape index (κ2) is 17.5. The Morgan fingerprint density at radius 1 is 0.712 bits per heavy atom. The maximum atomic E-state index is 14.0. The number of aliphatic hydroxyl groups is 2. The average Bonchev–Trinajstić information content (AvgIpc) is 3.28. The number of carbonyl (C=O) groups is 8. The molecule has 0 spiro atoms. The van der Waals surface area contributed by atoms with E-state index in [2.05, 4.69) is 0 Å². The predicted octanol–water partition coefficient (Wildman–Crippen LogP) is 2.22. The van der Waals surface area contributed by atoms with Crippen LogP contribution in [0.1, 0.15) is 92.4 Å². The zero-order valence-electron chi connectivity index (χ0n) is 34.6. The van der Waals surface area contributed by atoms with Gasteiger partial charge in [0.05, 0.1) is 11.5 Å². The molecule has 0 radical (unpaired) electrons. The number of fused-ring (bicyclic) bond motifs is 1. The van der Waals surface area contributed by atoms with Crippen LogP contribution in [-0.4, -0.2) is 117 Å². The van der Waals surface area contributed by atoms with Crippen molar-refractivity contribution >= 4 is 47.8 Å². The van der Waals surface area contributed by atoms with Crippen molar-refractivity contribution in [3.63, 3.8) is 0 Å². The van der Waals surface area contributed by atoms with Gasteiger partial charge in [0.25, 0.3) is 0 Å². The molecule has 2 N–H and O–H groups in total. The van der Waals surface area contributed by atoms with Crippen LogP contribution in [0.5, 0.6) is 0 Å². The number of hydrogen-bond acceptors (Lipinski definition) is 18. The normalized spacial score (nSPS) is 35.6. The molecule has 2 bridgehead atoms. The van der Waals surface area contributed by atoms with E-state index >= 15 is 0 Å². The summed E-state index contributed by atoms with van der Waals surface area (Å²) in [5, 5.41) is 26.8. The molecule has 18 heteroatoms. The van der Waals surface area contributed by atoms with Crippen molar-refractivity contribution in [3.05, 3.63) is 48.0 Å². The van der Waals surface area contributed by atoms with E-state index in [1.807, 2.05) is 0 Å². The van der Waals surface area contributed by atoms with Gasteiger partial charge in [0.1, 0.15) is 12.2 Å². The molecule has 12 atom stereocenters. The van der Waals surface area contributed by atoms with Crippen LogP contribution in [0.2, 0.25) is 0 Å². The van der Waals surface area contributed by atoms with E-state index in [1.165, 1.54) is 64.1 Å². The summed E-state index contributed by atoms with van der Waals surface area (Å²) < 4.78 is 47.1. The SMILES string of the molecule is CC(=O)O[C@H]1[C@@H](OC(C)=O)[C@]2(OC(C)=O)CCC(=O)O[C@H]3[C@@H]([C@H]2O)[C@@](O)([C@H](OC(C)=O)[C@H](C)/C=C\C(C)(C)[C@H]1OC(C)=O)[C@@H](OC(C)=O)[C@]3(C)OC(=O)c1ccccc1. The number of aliphatic hydroxyl groups excluding tert-OH is 1. The number of carbonyl (C=O) groups excluding carboxylic acids is 8. The van der Waals surface area contributed by atoms with Gasteiger partial charge >= 0.3 is 47.8 Å². The van der Waals surface area contributed by atoms with Crippen LogP contribution < -0.4 is 0 Å². The number of esters is 8. The highest BCUT2D eigenvalue weighted by Gasteiger charge is 2.79. The molecule has 0 aromatic heterocycles. The molecule has 3 aliphatic rings. The Kier molecular flexibility index (Phi) is 13.7. The summed E-state index contributed by atoms with van der Waals surface area (Å²) in [6.07, 6.45) is -12.9. The van der Waals surface area contributed by atoms with Gasteiger partial charge in [-0.05, 0) is 19.1 Å². The molecule has 1 aromatic rings. The molecule has 2 aliphatic carbocycles. The highest BCUT2D eigenvalue weighted by molar-refractivity contribution is 5.90. The third-order valence-corrected chi connectivity index (χ3v) is 10.9. The summed E-state index contributed by atoms with van der Waals surface area (Å²) in [5.74, 6) is -11.7. The van der Waals surface area contributed by atoms with Gasteiger partial charge in [-0.1, -0.05) is 51.1 Å². The molecule has 1 saturated carbocycles. The highest BCUT2D eigenvalue weighted by Crippen LogP contribution is 2.57. The van der Waals surface area contributed by atoms with E-state index in [4.69, 9.17) is 37.9 Å². The first-order valence-corrected chi connectivity index (χ1v) is 18.9. The second-order valence-electron chi connectivity index (χ2n) is 15.9. The maximum Gasteiger partial charge on any atom is 0.338 e. The first-order chi connectivity index (χ1) is 27.3. The van der Waals surface area contributed by atoms with Crippen LogP contribution in [0.15, 0.2) is 42.5 Å². The summed E-state index contributed by atoms with van der Waals surface area (Å²) in [7, 11) is 0. The first kappa shape index (κ1) is 46.3. The van der Waals surface area contributed by atoms with Gasteiger partial charge in [-0.3, -0.25) is 33.6 Å². The van der Waals surface area contributed by atoms with Crippen molar-refractivity contribution in [2.75, 3.05) is 0 Å². The van der Waals surface area contributed by atoms with Gasteiger partial charge in [0.2, 0.25) is 0 Å². The molecule has 2 fully saturated rings. The quantitative estimate of drug-likeness (QED) is 0.216. The van der Waals surface area contributed by atoms with Crippen LogP contribution in [0, 0.1) is 17.3 Å². The zero-order chi connectivity index (χ0) is 44.4. The minimum absolute atomic E-state index is 0.0362. The van der Waals surface area contributed by atoms with Crippen molar-refractivity contribution in [1.29, 1.82) is 0 Å². The average molecular weight is 833 g/mol. The van der Waals surface area contributed by atoms with Crippen molar-refractivity contribution < 1.29 is 86.5 Å². The third kappa shape index (κ3) is 9.28. The number of rotatable bonds is 8. The molecule has 0 amide bonds. The van der Waals surface area contributed by atoms with Crippen LogP contribution in [0.3, 0.4) is 0 Å². The topological polar surface area (TPSA) is 251 Å². The Hall–Kier alpha value is -5.36. The van der Waals surface area contributed by atoms with E-state index < -0.39 is 137 Å². The van der Waals surface area contributed by atoms with Crippen LogP contribution in [-0.2, 0) is 71.5 Å². The zero-order valence-corrected chi connectivity index (χ0v) is 34.6. The van der Waals surface area contributed by atoms with E-state index in [1.54, 1.807) is 6.07 Å². The molecule has 0 unspecified atom stereocenters. The minimum Gasteiger partial charge on any atom is -0.459 e. The Bertz CT molecular complexity index is 1860. The minimum atomic E-state index is -2.98. The molecule has 18 nitrogen and oxygen atoms in total. The number of hydrogen-bond donors (Lipinski definition) is 2. The Labute approximate surface area is 340 Å². The molecule has 1 heterocycles. The number of benzene rings is 1. The standard InChI is InChI=1S/C41H52O18/c1-20-16-18-38(8,9)34(54-23(4)44)30(52-21(2)42)35(55-24(5)45)40(58-26(7)47)19-17-28(48)57-33-29(31(40)49)41(51,32(20)53-22(3)43)37(56-25(6)46)39(33,10)59-36(50)27-14-12-11-13-15-27/h11-16,18,20,29-35,37,49,51H,17,19H2,1-10H3/b18-16-/t20-,29-,30-,31-,32-,33+,34+,35-,37+,39-,40+,41-/m1/s1. The van der Waals surface area contributed by atoms with Gasteiger partial charge in [0, 0.05) is 65.7 Å². The Morgan fingerprint density at radius 2 is 1.24 bits per heavy atom. The van der Waals surface area contributed by atoms with Gasteiger partial charge < -0.3 is 48.1 Å². The summed E-state index contributed by atoms with van der Waals surface area (Å²) in [5.41, 5.74) is -9.72. The highest BCUT2D eigenvalue weighted by atomic mass is 16.7. The molecule has 1 saturated heterocycles. The van der Waals surface area contributed by atoms with Crippen LogP contribution in [0.4, 0.5) is 0 Å². The first-order valence-electron chi connectivity index (χ1n) is 18.9. The smallest absolute Gasteiger partial charge is 0.338 e. The van der Waals surface area contributed by atoms with Gasteiger partial charge in [-0.2, -0.15) is 0 Å².